The molecule has 0 aliphatic carbocycles. The lowest BCUT2D eigenvalue weighted by atomic mass is 9.73. The molecule has 0 aromatic heterocycles. The van der Waals surface area contributed by atoms with Gasteiger partial charge in [0.2, 0.25) is 0 Å². The topological polar surface area (TPSA) is 38.3 Å². The zero-order valence-electron chi connectivity index (χ0n) is 12.0. The first-order valence-corrected chi connectivity index (χ1v) is 6.38. The van der Waals surface area contributed by atoms with Gasteiger partial charge in [0.1, 0.15) is 18.1 Å². The van der Waals surface area contributed by atoms with E-state index in [2.05, 4.69) is 5.32 Å². The molecule has 0 aromatic carbocycles. The molecule has 1 fully saturated rings. The fourth-order valence-electron chi connectivity index (χ4n) is 2.53. The number of ketones is 1. The number of carbonyl (C=O) groups is 1. The molecule has 1 saturated heterocycles. The summed E-state index contributed by atoms with van der Waals surface area (Å²) in [7, 11) is 1.33. The second-order valence-corrected chi connectivity index (χ2v) is 6.27. The van der Waals surface area contributed by atoms with E-state index in [9.17, 15) is 18.0 Å². The Kier molecular flexibility index (Phi) is 4.67. The molecule has 1 aliphatic heterocycles. The van der Waals surface area contributed by atoms with Gasteiger partial charge in [-0.2, -0.15) is 13.2 Å². The molecule has 0 bridgehead atoms. The Morgan fingerprint density at radius 1 is 1.26 bits per heavy atom. The van der Waals surface area contributed by atoms with Gasteiger partial charge in [-0.3, -0.25) is 10.1 Å². The van der Waals surface area contributed by atoms with Crippen LogP contribution in [-0.4, -0.2) is 31.3 Å². The molecule has 3 nitrogen and oxygen atoms in total. The van der Waals surface area contributed by atoms with E-state index < -0.39 is 29.8 Å². The van der Waals surface area contributed by atoms with Crippen molar-refractivity contribution < 1.29 is 22.7 Å². The highest BCUT2D eigenvalue weighted by Crippen LogP contribution is 2.37. The Morgan fingerprint density at radius 3 is 2.16 bits per heavy atom. The van der Waals surface area contributed by atoms with Crippen molar-refractivity contribution in [1.82, 2.24) is 5.32 Å². The largest absolute Gasteiger partial charge is 0.403 e. The Balaban J connectivity index is 2.94. The summed E-state index contributed by atoms with van der Waals surface area (Å²) in [6, 6.07) is -1.61. The van der Waals surface area contributed by atoms with Crippen LogP contribution in [0.3, 0.4) is 0 Å². The summed E-state index contributed by atoms with van der Waals surface area (Å²) >= 11 is 0. The van der Waals surface area contributed by atoms with Crippen LogP contribution in [0.4, 0.5) is 13.2 Å². The second kappa shape index (κ2) is 5.40. The van der Waals surface area contributed by atoms with Gasteiger partial charge >= 0.3 is 6.18 Å². The van der Waals surface area contributed by atoms with E-state index in [1.54, 1.807) is 27.7 Å². The van der Waals surface area contributed by atoms with Crippen LogP contribution in [0.25, 0.3) is 0 Å². The van der Waals surface area contributed by atoms with Crippen molar-refractivity contribution in [2.45, 2.75) is 52.6 Å². The maximum atomic E-state index is 12.8. The van der Waals surface area contributed by atoms with E-state index in [-0.39, 0.29) is 18.1 Å². The summed E-state index contributed by atoms with van der Waals surface area (Å²) < 4.78 is 43.4. The quantitative estimate of drug-likeness (QED) is 0.846. The molecule has 6 heteroatoms. The van der Waals surface area contributed by atoms with Gasteiger partial charge < -0.3 is 4.74 Å². The molecule has 0 saturated carbocycles. The van der Waals surface area contributed by atoms with E-state index in [4.69, 9.17) is 4.74 Å². The molecule has 1 heterocycles. The van der Waals surface area contributed by atoms with Crippen molar-refractivity contribution >= 4 is 5.78 Å². The standard InChI is InChI=1S/C13H22F3NO2/c1-7-6-8(13(14,15)16)17-11(19-5)9(7)10(18)12(2,3)4/h7-9,11,17H,6H2,1-5H3. The number of carbonyl (C=O) groups excluding carboxylic acids is 1. The molecule has 0 spiro atoms. The number of nitrogens with one attached hydrogen (secondary N) is 1. The predicted molar refractivity (Wildman–Crippen MR) is 65.5 cm³/mol. The van der Waals surface area contributed by atoms with Crippen LogP contribution in [0.1, 0.15) is 34.1 Å². The summed E-state index contributed by atoms with van der Waals surface area (Å²) in [5, 5.41) is 2.41. The third-order valence-electron chi connectivity index (χ3n) is 3.60. The van der Waals surface area contributed by atoms with Gasteiger partial charge in [-0.25, -0.2) is 0 Å². The fraction of sp³-hybridized carbons (Fsp3) is 0.923. The van der Waals surface area contributed by atoms with E-state index in [1.165, 1.54) is 7.11 Å². The van der Waals surface area contributed by atoms with Crippen LogP contribution < -0.4 is 5.32 Å². The molecule has 4 atom stereocenters. The third-order valence-corrected chi connectivity index (χ3v) is 3.60. The number of alkyl halides is 3. The number of ether oxygens (including phenoxy) is 1. The number of Topliss-reactive ketones (excluding diaryl/α,β-unsaturated/α-hetero) is 1. The first-order chi connectivity index (χ1) is 8.48. The van der Waals surface area contributed by atoms with Crippen molar-refractivity contribution in [1.29, 1.82) is 0 Å². The molecule has 112 valence electrons. The fourth-order valence-corrected chi connectivity index (χ4v) is 2.53. The highest BCUT2D eigenvalue weighted by atomic mass is 19.4. The number of halogens is 3. The normalized spacial score (nSPS) is 33.3. The van der Waals surface area contributed by atoms with E-state index in [0.717, 1.165) is 0 Å². The average molecular weight is 281 g/mol. The Bertz CT molecular complexity index is 336. The van der Waals surface area contributed by atoms with Crippen molar-refractivity contribution in [3.8, 4) is 0 Å². The average Bonchev–Trinajstić information content (AvgIpc) is 2.24. The van der Waals surface area contributed by atoms with Gasteiger partial charge in [0.05, 0.1) is 5.92 Å². The van der Waals surface area contributed by atoms with Crippen molar-refractivity contribution in [3.05, 3.63) is 0 Å². The summed E-state index contributed by atoms with van der Waals surface area (Å²) in [6.45, 7) is 6.99. The van der Waals surface area contributed by atoms with Crippen molar-refractivity contribution in [2.75, 3.05) is 7.11 Å². The Morgan fingerprint density at radius 2 is 1.79 bits per heavy atom. The number of piperidine rings is 1. The molecule has 1 N–H and O–H groups in total. The van der Waals surface area contributed by atoms with Gasteiger partial charge in [-0.05, 0) is 12.3 Å². The number of methoxy groups -OCH3 is 1. The monoisotopic (exact) mass is 281 g/mol. The number of rotatable bonds is 2. The minimum absolute atomic E-state index is 0.0695. The third kappa shape index (κ3) is 3.69. The highest BCUT2D eigenvalue weighted by molar-refractivity contribution is 5.86. The van der Waals surface area contributed by atoms with Crippen LogP contribution in [0, 0.1) is 17.3 Å². The molecule has 1 aliphatic rings. The zero-order chi connectivity index (χ0) is 15.0. The maximum absolute atomic E-state index is 12.8. The molecule has 0 radical (unpaired) electrons. The van der Waals surface area contributed by atoms with Gasteiger partial charge in [0.25, 0.3) is 0 Å². The summed E-state index contributed by atoms with van der Waals surface area (Å²) in [5.41, 5.74) is -0.595. The smallest absolute Gasteiger partial charge is 0.366 e. The molecule has 0 amide bonds. The van der Waals surface area contributed by atoms with Crippen LogP contribution in [-0.2, 0) is 9.53 Å². The lowest BCUT2D eigenvalue weighted by Gasteiger charge is -2.42. The Labute approximate surface area is 111 Å². The van der Waals surface area contributed by atoms with Crippen LogP contribution in [0.15, 0.2) is 0 Å². The highest BCUT2D eigenvalue weighted by Gasteiger charge is 2.50. The summed E-state index contributed by atoms with van der Waals surface area (Å²) in [5.74, 6) is -0.992. The second-order valence-electron chi connectivity index (χ2n) is 6.27. The molecular formula is C13H22F3NO2. The minimum Gasteiger partial charge on any atom is -0.366 e. The van der Waals surface area contributed by atoms with Gasteiger partial charge in [0.15, 0.2) is 0 Å². The summed E-state index contributed by atoms with van der Waals surface area (Å²) in [4.78, 5) is 12.4. The first-order valence-electron chi connectivity index (χ1n) is 6.38. The van der Waals surface area contributed by atoms with Crippen molar-refractivity contribution in [2.24, 2.45) is 17.3 Å². The van der Waals surface area contributed by atoms with Gasteiger partial charge in [0, 0.05) is 12.5 Å². The van der Waals surface area contributed by atoms with Gasteiger partial charge in [-0.1, -0.05) is 27.7 Å². The predicted octanol–water partition coefficient (Wildman–Crippen LogP) is 2.75. The summed E-state index contributed by atoms with van der Waals surface area (Å²) in [6.07, 6.45) is -5.31. The number of hydrogen-bond donors (Lipinski definition) is 1. The molecule has 1 rings (SSSR count). The van der Waals surface area contributed by atoms with Crippen LogP contribution in [0.5, 0.6) is 0 Å². The van der Waals surface area contributed by atoms with E-state index in [1.807, 2.05) is 0 Å². The SMILES string of the molecule is COC1NC(C(F)(F)F)CC(C)C1C(=O)C(C)(C)C. The molecular weight excluding hydrogens is 259 g/mol. The van der Waals surface area contributed by atoms with Crippen LogP contribution >= 0.6 is 0 Å². The van der Waals surface area contributed by atoms with Crippen molar-refractivity contribution in [3.63, 3.8) is 0 Å². The zero-order valence-corrected chi connectivity index (χ0v) is 12.0. The lowest BCUT2D eigenvalue weighted by molar-refractivity contribution is -0.188. The molecule has 19 heavy (non-hydrogen) atoms. The molecule has 4 unspecified atom stereocenters. The maximum Gasteiger partial charge on any atom is 0.403 e. The Hall–Kier alpha value is -0.620. The van der Waals surface area contributed by atoms with Gasteiger partial charge in [-0.15, -0.1) is 0 Å². The molecule has 0 aromatic rings. The van der Waals surface area contributed by atoms with E-state index >= 15 is 0 Å². The van der Waals surface area contributed by atoms with Crippen LogP contribution in [0.2, 0.25) is 0 Å². The first kappa shape index (κ1) is 16.4. The number of hydrogen-bond acceptors (Lipinski definition) is 3. The minimum atomic E-state index is -4.32. The lowest BCUT2D eigenvalue weighted by Crippen LogP contribution is -2.60. The van der Waals surface area contributed by atoms with E-state index in [0.29, 0.717) is 0 Å².